The lowest BCUT2D eigenvalue weighted by atomic mass is 9.99. The van der Waals surface area contributed by atoms with E-state index in [1.807, 2.05) is 11.8 Å². The van der Waals surface area contributed by atoms with Crippen molar-refractivity contribution in [3.05, 3.63) is 0 Å². The summed E-state index contributed by atoms with van der Waals surface area (Å²) in [6.07, 6.45) is 4.35. The summed E-state index contributed by atoms with van der Waals surface area (Å²) in [5.74, 6) is 0. The molecule has 0 aromatic heterocycles. The Morgan fingerprint density at radius 2 is 2.14 bits per heavy atom. The van der Waals surface area contributed by atoms with Gasteiger partial charge in [0, 0.05) is 24.7 Å². The fourth-order valence-electron chi connectivity index (χ4n) is 1.95. The Morgan fingerprint density at radius 1 is 1.43 bits per heavy atom. The van der Waals surface area contributed by atoms with Gasteiger partial charge in [-0.25, -0.2) is 4.79 Å². The van der Waals surface area contributed by atoms with Crippen molar-refractivity contribution < 1.29 is 4.79 Å². The number of nitrogens with zero attached hydrogens (tertiary/aromatic N) is 1. The largest absolute Gasteiger partial charge is 0.335 e. The number of carbonyl (C=O) groups is 1. The first-order valence-electron chi connectivity index (χ1n) is 5.51. The zero-order valence-electron chi connectivity index (χ0n) is 8.70. The number of likely N-dealkylation sites (tertiary alicyclic amines) is 1. The van der Waals surface area contributed by atoms with E-state index in [0.717, 1.165) is 32.2 Å². The van der Waals surface area contributed by atoms with Gasteiger partial charge in [0.25, 0.3) is 0 Å². The van der Waals surface area contributed by atoms with Crippen LogP contribution in [-0.4, -0.2) is 35.6 Å². The van der Waals surface area contributed by atoms with Crippen LogP contribution in [0.4, 0.5) is 4.79 Å². The summed E-state index contributed by atoms with van der Waals surface area (Å²) in [7, 11) is 0. The van der Waals surface area contributed by atoms with Gasteiger partial charge in [-0.15, -0.1) is 0 Å². The van der Waals surface area contributed by atoms with E-state index in [-0.39, 0.29) is 18.1 Å². The molecule has 2 fully saturated rings. The second-order valence-corrected chi connectivity index (χ2v) is 4.46. The first kappa shape index (κ1) is 9.77. The molecule has 80 valence electrons. The fraction of sp³-hybridized carbons (Fsp3) is 0.900. The first-order valence-corrected chi connectivity index (χ1v) is 5.51. The Labute approximate surface area is 84.8 Å². The van der Waals surface area contributed by atoms with E-state index < -0.39 is 0 Å². The van der Waals surface area contributed by atoms with Gasteiger partial charge < -0.3 is 16.0 Å². The monoisotopic (exact) mass is 197 g/mol. The van der Waals surface area contributed by atoms with Crippen molar-refractivity contribution in [2.24, 2.45) is 5.73 Å². The molecule has 3 N–H and O–H groups in total. The molecule has 2 aliphatic rings. The molecule has 0 aromatic carbocycles. The minimum absolute atomic E-state index is 0.0788. The van der Waals surface area contributed by atoms with Gasteiger partial charge >= 0.3 is 6.03 Å². The van der Waals surface area contributed by atoms with E-state index in [2.05, 4.69) is 5.32 Å². The van der Waals surface area contributed by atoms with Crippen LogP contribution >= 0.6 is 0 Å². The topological polar surface area (TPSA) is 58.4 Å². The summed E-state index contributed by atoms with van der Waals surface area (Å²) < 4.78 is 0. The van der Waals surface area contributed by atoms with Crippen LogP contribution in [-0.2, 0) is 0 Å². The van der Waals surface area contributed by atoms with Crippen molar-refractivity contribution in [3.63, 3.8) is 0 Å². The van der Waals surface area contributed by atoms with Crippen LogP contribution in [0.2, 0.25) is 0 Å². The maximum absolute atomic E-state index is 11.8. The summed E-state index contributed by atoms with van der Waals surface area (Å²) in [4.78, 5) is 13.6. The van der Waals surface area contributed by atoms with Gasteiger partial charge in [-0.3, -0.25) is 0 Å². The van der Waals surface area contributed by atoms with Crippen LogP contribution in [0.3, 0.4) is 0 Å². The molecule has 2 amide bonds. The molecule has 0 bridgehead atoms. The van der Waals surface area contributed by atoms with Crippen LogP contribution in [0.5, 0.6) is 0 Å². The van der Waals surface area contributed by atoms with Crippen LogP contribution < -0.4 is 11.1 Å². The number of nitrogens with one attached hydrogen (secondary N) is 1. The van der Waals surface area contributed by atoms with E-state index in [1.54, 1.807) is 0 Å². The number of nitrogens with two attached hydrogens (primary N) is 1. The van der Waals surface area contributed by atoms with E-state index in [4.69, 9.17) is 5.73 Å². The smallest absolute Gasteiger partial charge is 0.317 e. The molecule has 14 heavy (non-hydrogen) atoms. The molecular formula is C10H19N3O. The van der Waals surface area contributed by atoms with Crippen molar-refractivity contribution in [1.82, 2.24) is 10.2 Å². The number of carbonyl (C=O) groups excluding carboxylic acids is 1. The van der Waals surface area contributed by atoms with Crippen molar-refractivity contribution >= 4 is 6.03 Å². The number of piperidine rings is 1. The highest BCUT2D eigenvalue weighted by Gasteiger charge is 2.31. The van der Waals surface area contributed by atoms with Gasteiger partial charge in [0.2, 0.25) is 0 Å². The maximum Gasteiger partial charge on any atom is 0.317 e. The summed E-state index contributed by atoms with van der Waals surface area (Å²) in [5, 5.41) is 3.01. The molecule has 4 heteroatoms. The third-order valence-electron chi connectivity index (χ3n) is 3.21. The van der Waals surface area contributed by atoms with Gasteiger partial charge in [-0.2, -0.15) is 0 Å². The minimum atomic E-state index is 0.0788. The number of hydrogen-bond acceptors (Lipinski definition) is 2. The lowest BCUT2D eigenvalue weighted by Crippen LogP contribution is -2.55. The van der Waals surface area contributed by atoms with Crippen LogP contribution in [0, 0.1) is 0 Å². The second kappa shape index (κ2) is 3.77. The average molecular weight is 197 g/mol. The van der Waals surface area contributed by atoms with Gasteiger partial charge in [-0.05, 0) is 32.6 Å². The SMILES string of the molecule is CC1C(N)CCCN1C(=O)NC1CC1. The lowest BCUT2D eigenvalue weighted by molar-refractivity contribution is 0.146. The van der Waals surface area contributed by atoms with Crippen LogP contribution in [0.1, 0.15) is 32.6 Å². The van der Waals surface area contributed by atoms with Gasteiger partial charge in [0.1, 0.15) is 0 Å². The van der Waals surface area contributed by atoms with E-state index >= 15 is 0 Å². The highest BCUT2D eigenvalue weighted by Crippen LogP contribution is 2.21. The molecule has 4 nitrogen and oxygen atoms in total. The molecule has 1 heterocycles. The quantitative estimate of drug-likeness (QED) is 0.649. The molecule has 2 unspecified atom stereocenters. The number of amides is 2. The number of rotatable bonds is 1. The highest BCUT2D eigenvalue weighted by molar-refractivity contribution is 5.75. The lowest BCUT2D eigenvalue weighted by Gasteiger charge is -2.37. The average Bonchev–Trinajstić information content (AvgIpc) is 2.93. The highest BCUT2D eigenvalue weighted by atomic mass is 16.2. The predicted molar refractivity (Wildman–Crippen MR) is 54.9 cm³/mol. The number of urea groups is 1. The standard InChI is InChI=1S/C10H19N3O/c1-7-9(11)3-2-6-13(7)10(14)12-8-4-5-8/h7-9H,2-6,11H2,1H3,(H,12,14). The molecule has 0 aromatic rings. The minimum Gasteiger partial charge on any atom is -0.335 e. The normalized spacial score (nSPS) is 32.9. The van der Waals surface area contributed by atoms with Gasteiger partial charge in [0.15, 0.2) is 0 Å². The van der Waals surface area contributed by atoms with Crippen LogP contribution in [0.15, 0.2) is 0 Å². The van der Waals surface area contributed by atoms with Gasteiger partial charge in [0.05, 0.1) is 0 Å². The fourth-order valence-corrected chi connectivity index (χ4v) is 1.95. The molecule has 2 rings (SSSR count). The molecular weight excluding hydrogens is 178 g/mol. The number of hydrogen-bond donors (Lipinski definition) is 2. The first-order chi connectivity index (χ1) is 6.68. The second-order valence-electron chi connectivity index (χ2n) is 4.46. The molecule has 1 saturated heterocycles. The van der Waals surface area contributed by atoms with E-state index in [1.165, 1.54) is 0 Å². The maximum atomic E-state index is 11.8. The van der Waals surface area contributed by atoms with Crippen molar-refractivity contribution in [3.8, 4) is 0 Å². The molecule has 1 aliphatic carbocycles. The zero-order valence-corrected chi connectivity index (χ0v) is 8.70. The summed E-state index contributed by atoms with van der Waals surface area (Å²) in [6.45, 7) is 2.89. The van der Waals surface area contributed by atoms with E-state index in [0.29, 0.717) is 6.04 Å². The van der Waals surface area contributed by atoms with Gasteiger partial charge in [-0.1, -0.05) is 0 Å². The third-order valence-corrected chi connectivity index (χ3v) is 3.21. The molecule has 2 atom stereocenters. The van der Waals surface area contributed by atoms with E-state index in [9.17, 15) is 4.79 Å². The summed E-state index contributed by atoms with van der Waals surface area (Å²) in [6, 6.07) is 0.846. The third kappa shape index (κ3) is 2.00. The Kier molecular flexibility index (Phi) is 2.63. The molecule has 0 radical (unpaired) electrons. The van der Waals surface area contributed by atoms with Crippen molar-refractivity contribution in [2.45, 2.75) is 50.7 Å². The summed E-state index contributed by atoms with van der Waals surface area (Å²) in [5.41, 5.74) is 5.93. The Balaban J connectivity index is 1.90. The Bertz CT molecular complexity index is 227. The Hall–Kier alpha value is -0.770. The molecule has 0 spiro atoms. The molecule has 1 aliphatic heterocycles. The zero-order chi connectivity index (χ0) is 10.1. The van der Waals surface area contributed by atoms with Crippen molar-refractivity contribution in [1.29, 1.82) is 0 Å². The van der Waals surface area contributed by atoms with Crippen LogP contribution in [0.25, 0.3) is 0 Å². The summed E-state index contributed by atoms with van der Waals surface area (Å²) >= 11 is 0. The Morgan fingerprint density at radius 3 is 2.79 bits per heavy atom. The van der Waals surface area contributed by atoms with Crippen molar-refractivity contribution in [2.75, 3.05) is 6.54 Å². The predicted octanol–water partition coefficient (Wildman–Crippen LogP) is 0.670. The molecule has 1 saturated carbocycles.